The third-order valence-corrected chi connectivity index (χ3v) is 3.97. The topological polar surface area (TPSA) is 32.5 Å². The van der Waals surface area contributed by atoms with E-state index in [0.717, 1.165) is 39.1 Å². The number of nitrogens with zero attached hydrogens (tertiary/aromatic N) is 2. The Bertz CT molecular complexity index is 401. The molecule has 3 heteroatoms. The van der Waals surface area contributed by atoms with Gasteiger partial charge in [0.1, 0.15) is 0 Å². The number of hydrogen-bond acceptors (Lipinski definition) is 3. The van der Waals surface area contributed by atoms with E-state index >= 15 is 0 Å². The summed E-state index contributed by atoms with van der Waals surface area (Å²) in [5.74, 6) is 0. The van der Waals surface area contributed by atoms with Crippen molar-refractivity contribution in [1.82, 2.24) is 4.90 Å². The van der Waals surface area contributed by atoms with Crippen LogP contribution in [0.15, 0.2) is 24.3 Å². The van der Waals surface area contributed by atoms with Crippen molar-refractivity contribution in [2.24, 2.45) is 5.73 Å². The van der Waals surface area contributed by atoms with Crippen LogP contribution in [0.4, 0.5) is 5.69 Å². The van der Waals surface area contributed by atoms with Crippen LogP contribution < -0.4 is 10.6 Å². The normalized spacial score (nSPS) is 17.8. The van der Waals surface area contributed by atoms with Crippen molar-refractivity contribution in [2.45, 2.75) is 32.7 Å². The van der Waals surface area contributed by atoms with Crippen LogP contribution >= 0.6 is 0 Å². The Balaban J connectivity index is 2.05. The van der Waals surface area contributed by atoms with E-state index in [9.17, 15) is 0 Å². The molecule has 0 aliphatic carbocycles. The maximum atomic E-state index is 5.71. The fourth-order valence-electron chi connectivity index (χ4n) is 2.80. The largest absolute Gasteiger partial charge is 0.369 e. The van der Waals surface area contributed by atoms with Crippen molar-refractivity contribution in [1.29, 1.82) is 0 Å². The van der Waals surface area contributed by atoms with Gasteiger partial charge in [-0.15, -0.1) is 0 Å². The third kappa shape index (κ3) is 3.48. The lowest BCUT2D eigenvalue weighted by molar-refractivity contribution is 0.128. The molecule has 3 nitrogen and oxygen atoms in total. The van der Waals surface area contributed by atoms with E-state index in [1.165, 1.54) is 11.3 Å². The Hall–Kier alpha value is -1.06. The van der Waals surface area contributed by atoms with E-state index in [2.05, 4.69) is 54.8 Å². The zero-order valence-corrected chi connectivity index (χ0v) is 12.5. The SMILES string of the molecule is CC(C)(C)N1CCN(c2ccccc2CCN)CC1. The predicted octanol–water partition coefficient (Wildman–Crippen LogP) is 2.11. The van der Waals surface area contributed by atoms with Crippen LogP contribution in [0, 0.1) is 0 Å². The molecule has 0 saturated carbocycles. The van der Waals surface area contributed by atoms with E-state index in [1.807, 2.05) is 0 Å². The highest BCUT2D eigenvalue weighted by molar-refractivity contribution is 5.54. The summed E-state index contributed by atoms with van der Waals surface area (Å²) in [5, 5.41) is 0. The lowest BCUT2D eigenvalue weighted by atomic mass is 10.0. The number of para-hydroxylation sites is 1. The minimum Gasteiger partial charge on any atom is -0.369 e. The molecular weight excluding hydrogens is 234 g/mol. The van der Waals surface area contributed by atoms with Gasteiger partial charge >= 0.3 is 0 Å². The number of piperazine rings is 1. The second-order valence-corrected chi connectivity index (χ2v) is 6.31. The maximum absolute atomic E-state index is 5.71. The molecule has 0 aromatic heterocycles. The fraction of sp³-hybridized carbons (Fsp3) is 0.625. The molecule has 1 aromatic carbocycles. The highest BCUT2D eigenvalue weighted by atomic mass is 15.3. The van der Waals surface area contributed by atoms with Crippen molar-refractivity contribution in [3.05, 3.63) is 29.8 Å². The summed E-state index contributed by atoms with van der Waals surface area (Å²) in [7, 11) is 0. The molecule has 2 N–H and O–H groups in total. The summed E-state index contributed by atoms with van der Waals surface area (Å²) in [4.78, 5) is 5.07. The first-order valence-electron chi connectivity index (χ1n) is 7.30. The molecule has 19 heavy (non-hydrogen) atoms. The molecule has 1 fully saturated rings. The lowest BCUT2D eigenvalue weighted by Crippen LogP contribution is -2.53. The quantitative estimate of drug-likeness (QED) is 0.904. The molecule has 1 aliphatic heterocycles. The Morgan fingerprint density at radius 2 is 1.68 bits per heavy atom. The third-order valence-electron chi connectivity index (χ3n) is 3.97. The first kappa shape index (κ1) is 14.4. The molecule has 1 heterocycles. The van der Waals surface area contributed by atoms with Crippen LogP contribution in [0.5, 0.6) is 0 Å². The number of hydrogen-bond donors (Lipinski definition) is 1. The smallest absolute Gasteiger partial charge is 0.0400 e. The van der Waals surface area contributed by atoms with Crippen LogP contribution in [0.25, 0.3) is 0 Å². The van der Waals surface area contributed by atoms with E-state index < -0.39 is 0 Å². The molecule has 0 amide bonds. The van der Waals surface area contributed by atoms with Gasteiger partial charge < -0.3 is 10.6 Å². The van der Waals surface area contributed by atoms with Crippen molar-refractivity contribution in [3.8, 4) is 0 Å². The van der Waals surface area contributed by atoms with Crippen molar-refractivity contribution in [3.63, 3.8) is 0 Å². The van der Waals surface area contributed by atoms with Crippen molar-refractivity contribution in [2.75, 3.05) is 37.6 Å². The average molecular weight is 261 g/mol. The second-order valence-electron chi connectivity index (χ2n) is 6.31. The number of benzene rings is 1. The van der Waals surface area contributed by atoms with Gasteiger partial charge in [-0.1, -0.05) is 18.2 Å². The minimum atomic E-state index is 0.281. The Labute approximate surface area is 117 Å². The van der Waals surface area contributed by atoms with Gasteiger partial charge in [0.2, 0.25) is 0 Å². The monoisotopic (exact) mass is 261 g/mol. The van der Waals surface area contributed by atoms with Gasteiger partial charge in [-0.05, 0) is 45.4 Å². The second kappa shape index (κ2) is 5.93. The molecule has 1 aromatic rings. The summed E-state index contributed by atoms with van der Waals surface area (Å²) in [6, 6.07) is 8.68. The summed E-state index contributed by atoms with van der Waals surface area (Å²) < 4.78 is 0. The zero-order chi connectivity index (χ0) is 13.9. The van der Waals surface area contributed by atoms with Crippen molar-refractivity contribution < 1.29 is 0 Å². The van der Waals surface area contributed by atoms with Crippen molar-refractivity contribution >= 4 is 5.69 Å². The van der Waals surface area contributed by atoms with E-state index in [1.54, 1.807) is 0 Å². The van der Waals surface area contributed by atoms with Gasteiger partial charge in [0.25, 0.3) is 0 Å². The standard InChI is InChI=1S/C16H27N3/c1-16(2,3)19-12-10-18(11-13-19)15-7-5-4-6-14(15)8-9-17/h4-7H,8-13,17H2,1-3H3. The van der Waals surface area contributed by atoms with Gasteiger partial charge in [0, 0.05) is 37.4 Å². The van der Waals surface area contributed by atoms with Gasteiger partial charge in [0.05, 0.1) is 0 Å². The minimum absolute atomic E-state index is 0.281. The number of nitrogens with two attached hydrogens (primary N) is 1. The van der Waals surface area contributed by atoms with Crippen LogP contribution in [-0.4, -0.2) is 43.2 Å². The molecule has 0 atom stereocenters. The van der Waals surface area contributed by atoms with Gasteiger partial charge in [0.15, 0.2) is 0 Å². The average Bonchev–Trinajstić information content (AvgIpc) is 2.39. The molecule has 1 aliphatic rings. The summed E-state index contributed by atoms with van der Waals surface area (Å²) in [6.45, 7) is 12.1. The first-order chi connectivity index (χ1) is 9.02. The molecular formula is C16H27N3. The summed E-state index contributed by atoms with van der Waals surface area (Å²) in [5.41, 5.74) is 8.75. The van der Waals surface area contributed by atoms with Gasteiger partial charge in [-0.3, -0.25) is 4.90 Å². The molecule has 1 saturated heterocycles. The first-order valence-corrected chi connectivity index (χ1v) is 7.30. The van der Waals surface area contributed by atoms with Crippen LogP contribution in [0.1, 0.15) is 26.3 Å². The Morgan fingerprint density at radius 3 is 2.26 bits per heavy atom. The van der Waals surface area contributed by atoms with Gasteiger partial charge in [-0.25, -0.2) is 0 Å². The Kier molecular flexibility index (Phi) is 4.48. The predicted molar refractivity (Wildman–Crippen MR) is 82.7 cm³/mol. The molecule has 0 unspecified atom stereocenters. The molecule has 2 rings (SSSR count). The maximum Gasteiger partial charge on any atom is 0.0400 e. The fourth-order valence-corrected chi connectivity index (χ4v) is 2.80. The highest BCUT2D eigenvalue weighted by Gasteiger charge is 2.26. The molecule has 0 spiro atoms. The molecule has 0 radical (unpaired) electrons. The summed E-state index contributed by atoms with van der Waals surface area (Å²) >= 11 is 0. The highest BCUT2D eigenvalue weighted by Crippen LogP contribution is 2.24. The van der Waals surface area contributed by atoms with Crippen LogP contribution in [-0.2, 0) is 6.42 Å². The Morgan fingerprint density at radius 1 is 1.05 bits per heavy atom. The van der Waals surface area contributed by atoms with E-state index in [4.69, 9.17) is 5.73 Å². The van der Waals surface area contributed by atoms with E-state index in [0.29, 0.717) is 0 Å². The van der Waals surface area contributed by atoms with Crippen LogP contribution in [0.3, 0.4) is 0 Å². The van der Waals surface area contributed by atoms with Crippen LogP contribution in [0.2, 0.25) is 0 Å². The molecule has 0 bridgehead atoms. The number of anilines is 1. The lowest BCUT2D eigenvalue weighted by Gasteiger charge is -2.43. The summed E-state index contributed by atoms with van der Waals surface area (Å²) in [6.07, 6.45) is 0.968. The molecule has 106 valence electrons. The van der Waals surface area contributed by atoms with E-state index in [-0.39, 0.29) is 5.54 Å². The number of rotatable bonds is 3. The zero-order valence-electron chi connectivity index (χ0n) is 12.5. The van der Waals surface area contributed by atoms with Gasteiger partial charge in [-0.2, -0.15) is 0 Å².